The van der Waals surface area contributed by atoms with Gasteiger partial charge in [0.15, 0.2) is 5.78 Å². The summed E-state index contributed by atoms with van der Waals surface area (Å²) in [6, 6.07) is 8.60. The molecule has 1 atom stereocenters. The predicted molar refractivity (Wildman–Crippen MR) is 132 cm³/mol. The lowest BCUT2D eigenvalue weighted by Gasteiger charge is -2.44. The second-order valence-electron chi connectivity index (χ2n) is 9.25. The number of allylic oxidation sites excluding steroid dienone is 2. The number of alkyl halides is 3. The first-order valence-corrected chi connectivity index (χ1v) is 12.6. The van der Waals surface area contributed by atoms with Crippen LogP contribution in [0.5, 0.6) is 0 Å². The van der Waals surface area contributed by atoms with E-state index in [1.165, 1.54) is 34.4 Å². The molecule has 0 bridgehead atoms. The number of halogens is 4. The number of carbonyl (C=O) groups is 2. The molecule has 5 nitrogen and oxygen atoms in total. The Bertz CT molecular complexity index is 1260. The highest BCUT2D eigenvalue weighted by Crippen LogP contribution is 2.53. The van der Waals surface area contributed by atoms with Crippen LogP contribution in [0.3, 0.4) is 0 Å². The van der Waals surface area contributed by atoms with Crippen LogP contribution in [0.1, 0.15) is 50.0 Å². The minimum atomic E-state index is -4.68. The third kappa shape index (κ3) is 4.65. The summed E-state index contributed by atoms with van der Waals surface area (Å²) in [7, 11) is 0. The van der Waals surface area contributed by atoms with E-state index in [0.717, 1.165) is 9.85 Å². The number of ether oxygens (including phenoxy) is 1. The molecule has 4 rings (SSSR count). The Labute approximate surface area is 213 Å². The van der Waals surface area contributed by atoms with E-state index in [4.69, 9.17) is 10.5 Å². The van der Waals surface area contributed by atoms with Gasteiger partial charge in [0.1, 0.15) is 5.82 Å². The maximum absolute atomic E-state index is 14.0. The summed E-state index contributed by atoms with van der Waals surface area (Å²) in [4.78, 5) is 28.7. The van der Waals surface area contributed by atoms with Gasteiger partial charge in [-0.3, -0.25) is 9.69 Å². The van der Waals surface area contributed by atoms with Gasteiger partial charge in [-0.1, -0.05) is 26.0 Å². The lowest BCUT2D eigenvalue weighted by atomic mass is 9.69. The van der Waals surface area contributed by atoms with Crippen molar-refractivity contribution in [3.05, 3.63) is 73.3 Å². The number of carbonyl (C=O) groups excluding carboxylic acids is 2. The Morgan fingerprint density at radius 1 is 1.23 bits per heavy atom. The average molecular weight is 569 g/mol. The van der Waals surface area contributed by atoms with Crippen LogP contribution in [0.25, 0.3) is 0 Å². The van der Waals surface area contributed by atoms with Crippen molar-refractivity contribution in [3.63, 3.8) is 0 Å². The summed E-state index contributed by atoms with van der Waals surface area (Å²) < 4.78 is 48.2. The highest BCUT2D eigenvalue weighted by Gasteiger charge is 2.48. The van der Waals surface area contributed by atoms with E-state index in [1.54, 1.807) is 19.1 Å². The van der Waals surface area contributed by atoms with E-state index in [1.807, 2.05) is 13.8 Å². The third-order valence-corrected chi connectivity index (χ3v) is 7.77. The van der Waals surface area contributed by atoms with Crippen molar-refractivity contribution in [1.29, 1.82) is 0 Å². The monoisotopic (exact) mass is 568 g/mol. The van der Waals surface area contributed by atoms with E-state index >= 15 is 0 Å². The molecule has 0 saturated carbocycles. The molecule has 0 amide bonds. The molecule has 1 aliphatic heterocycles. The number of para-hydroxylation sites is 1. The quantitative estimate of drug-likeness (QED) is 0.425. The largest absolute Gasteiger partial charge is 0.463 e. The number of rotatable bonds is 4. The number of ketones is 1. The summed E-state index contributed by atoms with van der Waals surface area (Å²) >= 11 is 4.75. The number of thiophene rings is 1. The molecule has 186 valence electrons. The fourth-order valence-corrected chi connectivity index (χ4v) is 6.31. The van der Waals surface area contributed by atoms with Gasteiger partial charge in [0.2, 0.25) is 0 Å². The van der Waals surface area contributed by atoms with Crippen LogP contribution in [-0.2, 0) is 20.5 Å². The zero-order valence-electron chi connectivity index (χ0n) is 19.3. The van der Waals surface area contributed by atoms with Crippen LogP contribution in [0.4, 0.5) is 18.9 Å². The van der Waals surface area contributed by atoms with Gasteiger partial charge in [-0.25, -0.2) is 4.79 Å². The first kappa shape index (κ1) is 25.5. The number of nitrogens with zero attached hydrogens (tertiary/aromatic N) is 1. The molecular formula is C25H24BrF3N2O3S. The predicted octanol–water partition coefficient (Wildman–Crippen LogP) is 6.51. The third-order valence-electron chi connectivity index (χ3n) is 6.08. The number of anilines is 1. The molecule has 2 heterocycles. The maximum Gasteiger partial charge on any atom is 0.418 e. The molecule has 0 fully saturated rings. The fraction of sp³-hybridized carbons (Fsp3) is 0.360. The summed E-state index contributed by atoms with van der Waals surface area (Å²) in [6.07, 6.45) is -4.18. The Morgan fingerprint density at radius 2 is 1.91 bits per heavy atom. The number of hydrogen-bond acceptors (Lipinski definition) is 6. The number of Topliss-reactive ketones (excluding diaryl/α,β-unsaturated/α-hetero) is 1. The van der Waals surface area contributed by atoms with Crippen molar-refractivity contribution in [1.82, 2.24) is 0 Å². The van der Waals surface area contributed by atoms with Crippen molar-refractivity contribution in [2.75, 3.05) is 11.5 Å². The number of hydrogen-bond donors (Lipinski definition) is 1. The molecule has 0 unspecified atom stereocenters. The van der Waals surface area contributed by atoms with Crippen LogP contribution in [-0.4, -0.2) is 18.4 Å². The van der Waals surface area contributed by atoms with Crippen LogP contribution in [0.15, 0.2) is 62.8 Å². The van der Waals surface area contributed by atoms with Crippen molar-refractivity contribution in [2.45, 2.75) is 45.7 Å². The molecule has 35 heavy (non-hydrogen) atoms. The minimum absolute atomic E-state index is 0.0371. The first-order valence-electron chi connectivity index (χ1n) is 11.0. The Balaban J connectivity index is 2.07. The van der Waals surface area contributed by atoms with Gasteiger partial charge in [-0.2, -0.15) is 13.2 Å². The molecule has 0 spiro atoms. The van der Waals surface area contributed by atoms with Crippen molar-refractivity contribution < 1.29 is 27.5 Å². The second-order valence-corrected chi connectivity index (χ2v) is 11.7. The Hall–Kier alpha value is -2.59. The van der Waals surface area contributed by atoms with E-state index in [2.05, 4.69) is 15.9 Å². The Morgan fingerprint density at radius 3 is 2.51 bits per heavy atom. The fourth-order valence-electron chi connectivity index (χ4n) is 4.77. The number of nitrogens with two attached hydrogens (primary N) is 1. The standard InChI is InChI=1S/C25H24BrF3N2O3S/c1-4-34-23(33)21-20(17-9-10-18(26)35-17)19-15(11-24(2,3)12-16(19)32)31(22(21)30)14-8-6-5-7-13(14)25(27,28)29/h5-10,20H,4,11-12,30H2,1-3H3/t20-/m0/s1. The number of benzene rings is 1. The molecule has 10 heteroatoms. The topological polar surface area (TPSA) is 72.6 Å². The van der Waals surface area contributed by atoms with Gasteiger partial charge in [-0.15, -0.1) is 11.3 Å². The van der Waals surface area contributed by atoms with Crippen LogP contribution in [0.2, 0.25) is 0 Å². The van der Waals surface area contributed by atoms with E-state index in [-0.39, 0.29) is 41.5 Å². The molecule has 2 aromatic rings. The van der Waals surface area contributed by atoms with Gasteiger partial charge >= 0.3 is 12.1 Å². The van der Waals surface area contributed by atoms with Crippen LogP contribution < -0.4 is 10.6 Å². The first-order chi connectivity index (χ1) is 16.4. The van der Waals surface area contributed by atoms with E-state index < -0.39 is 29.0 Å². The lowest BCUT2D eigenvalue weighted by Crippen LogP contribution is -2.44. The summed E-state index contributed by atoms with van der Waals surface area (Å²) in [5.41, 5.74) is 5.53. The smallest absolute Gasteiger partial charge is 0.418 e. The molecular weight excluding hydrogens is 545 g/mol. The molecule has 0 radical (unpaired) electrons. The molecule has 2 N–H and O–H groups in total. The zero-order chi connectivity index (χ0) is 25.7. The van der Waals surface area contributed by atoms with Gasteiger partial charge in [0, 0.05) is 22.6 Å². The molecule has 1 aromatic carbocycles. The molecule has 1 aromatic heterocycles. The van der Waals surface area contributed by atoms with E-state index in [0.29, 0.717) is 17.0 Å². The number of esters is 1. The zero-order valence-corrected chi connectivity index (χ0v) is 21.7. The SMILES string of the molecule is CCOC(=O)C1=C(N)N(c2ccccc2C(F)(F)F)C2=C(C(=O)CC(C)(C)C2)[C@@H]1c1ccc(Br)s1. The molecule has 1 aliphatic carbocycles. The average Bonchev–Trinajstić information content (AvgIpc) is 3.17. The van der Waals surface area contributed by atoms with Crippen molar-refractivity contribution in [2.24, 2.45) is 11.1 Å². The summed E-state index contributed by atoms with van der Waals surface area (Å²) in [6.45, 7) is 5.45. The van der Waals surface area contributed by atoms with Crippen molar-refractivity contribution >= 4 is 44.7 Å². The Kier molecular flexibility index (Phi) is 6.65. The van der Waals surface area contributed by atoms with Gasteiger partial charge in [0.25, 0.3) is 0 Å². The van der Waals surface area contributed by atoms with Crippen LogP contribution >= 0.6 is 27.3 Å². The van der Waals surface area contributed by atoms with Gasteiger partial charge < -0.3 is 10.5 Å². The summed E-state index contributed by atoms with van der Waals surface area (Å²) in [5, 5.41) is 0. The van der Waals surface area contributed by atoms with Crippen molar-refractivity contribution in [3.8, 4) is 0 Å². The molecule has 2 aliphatic rings. The molecule has 0 saturated heterocycles. The van der Waals surface area contributed by atoms with Gasteiger partial charge in [-0.05, 0) is 59.0 Å². The minimum Gasteiger partial charge on any atom is -0.463 e. The highest BCUT2D eigenvalue weighted by molar-refractivity contribution is 9.11. The normalized spacial score (nSPS) is 20.3. The van der Waals surface area contributed by atoms with Crippen LogP contribution in [0, 0.1) is 5.41 Å². The summed E-state index contributed by atoms with van der Waals surface area (Å²) in [5.74, 6) is -2.00. The maximum atomic E-state index is 14.0. The second kappa shape index (κ2) is 9.13. The van der Waals surface area contributed by atoms with Gasteiger partial charge in [0.05, 0.1) is 33.1 Å². The highest BCUT2D eigenvalue weighted by atomic mass is 79.9. The lowest BCUT2D eigenvalue weighted by molar-refractivity contribution is -0.139. The van der Waals surface area contributed by atoms with E-state index in [9.17, 15) is 22.8 Å².